The number of carboxylic acids is 1. The fourth-order valence-electron chi connectivity index (χ4n) is 4.42. The summed E-state index contributed by atoms with van der Waals surface area (Å²) in [5.74, 6) is -2.12. The lowest BCUT2D eigenvalue weighted by Gasteiger charge is -2.23. The van der Waals surface area contributed by atoms with Crippen LogP contribution in [0.25, 0.3) is 11.1 Å². The molecule has 1 unspecified atom stereocenters. The van der Waals surface area contributed by atoms with Gasteiger partial charge in [-0.05, 0) is 28.2 Å². The van der Waals surface area contributed by atoms with Crippen molar-refractivity contribution >= 4 is 23.7 Å². The number of rotatable bonds is 8. The van der Waals surface area contributed by atoms with Gasteiger partial charge in [-0.3, -0.25) is 9.48 Å². The molecule has 4 rings (SSSR count). The average Bonchev–Trinajstić information content (AvgIpc) is 3.38. The molecule has 0 radical (unpaired) electrons. The van der Waals surface area contributed by atoms with Crippen LogP contribution in [0.1, 0.15) is 47.8 Å². The van der Waals surface area contributed by atoms with Crippen molar-refractivity contribution in [2.45, 2.75) is 32.2 Å². The summed E-state index contributed by atoms with van der Waals surface area (Å²) >= 11 is 0. The van der Waals surface area contributed by atoms with Crippen LogP contribution in [0.2, 0.25) is 0 Å². The number of anilines is 1. The van der Waals surface area contributed by atoms with Gasteiger partial charge in [0.05, 0.1) is 5.69 Å². The number of hydrogen-bond donors (Lipinski definition) is 3. The average molecular weight is 477 g/mol. The number of alkyl carbamates (subject to hydrolysis) is 1. The van der Waals surface area contributed by atoms with Crippen LogP contribution < -0.4 is 10.6 Å². The minimum absolute atomic E-state index is 0.0626. The maximum atomic E-state index is 13.0. The molecule has 0 fully saturated rings. The normalized spacial score (nSPS) is 13.9. The molecule has 2 atom stereocenters. The second-order valence-electron chi connectivity index (χ2n) is 8.69. The van der Waals surface area contributed by atoms with E-state index in [0.717, 1.165) is 22.3 Å². The van der Waals surface area contributed by atoms with Crippen molar-refractivity contribution in [3.05, 3.63) is 71.5 Å². The van der Waals surface area contributed by atoms with Crippen LogP contribution in [0.4, 0.5) is 10.5 Å². The molecule has 1 aromatic heterocycles. The molecular weight excluding hydrogens is 448 g/mol. The molecular formula is C26H28N4O5. The van der Waals surface area contributed by atoms with Gasteiger partial charge in [-0.15, -0.1) is 0 Å². The number of hydrogen-bond acceptors (Lipinski definition) is 5. The van der Waals surface area contributed by atoms with Crippen molar-refractivity contribution in [2.75, 3.05) is 11.9 Å². The van der Waals surface area contributed by atoms with Crippen LogP contribution >= 0.6 is 0 Å². The minimum atomic E-state index is -1.26. The quantitative estimate of drug-likeness (QED) is 0.452. The summed E-state index contributed by atoms with van der Waals surface area (Å²) in [5, 5.41) is 18.4. The van der Waals surface area contributed by atoms with E-state index in [1.807, 2.05) is 50.2 Å². The van der Waals surface area contributed by atoms with Crippen molar-refractivity contribution in [2.24, 2.45) is 13.0 Å². The molecule has 0 spiro atoms. The van der Waals surface area contributed by atoms with Crippen LogP contribution in [-0.2, 0) is 16.6 Å². The van der Waals surface area contributed by atoms with E-state index in [2.05, 4.69) is 27.9 Å². The van der Waals surface area contributed by atoms with Crippen LogP contribution in [0.15, 0.2) is 54.7 Å². The number of aromatic carboxylic acids is 1. The molecule has 3 N–H and O–H groups in total. The first-order valence-electron chi connectivity index (χ1n) is 11.5. The predicted molar refractivity (Wildman–Crippen MR) is 130 cm³/mol. The van der Waals surface area contributed by atoms with Gasteiger partial charge < -0.3 is 20.5 Å². The van der Waals surface area contributed by atoms with Gasteiger partial charge in [-0.1, -0.05) is 68.8 Å². The SMILES string of the molecule is CCC(C)[C@H](NC(=O)OCC1c2ccccc2-c2ccccc21)C(=O)Nc1cn(C)nc1C(=O)O. The molecule has 9 nitrogen and oxygen atoms in total. The van der Waals surface area contributed by atoms with E-state index in [0.29, 0.717) is 6.42 Å². The first-order chi connectivity index (χ1) is 16.8. The van der Waals surface area contributed by atoms with E-state index in [-0.39, 0.29) is 29.8 Å². The van der Waals surface area contributed by atoms with Gasteiger partial charge in [0.2, 0.25) is 5.91 Å². The summed E-state index contributed by atoms with van der Waals surface area (Å²) in [6.07, 6.45) is 1.31. The lowest BCUT2D eigenvalue weighted by molar-refractivity contribution is -0.119. The molecule has 1 aliphatic carbocycles. The third kappa shape index (κ3) is 4.89. The maximum Gasteiger partial charge on any atom is 0.407 e. The van der Waals surface area contributed by atoms with E-state index < -0.39 is 24.0 Å². The Bertz CT molecular complexity index is 1220. The first-order valence-corrected chi connectivity index (χ1v) is 11.5. The molecule has 1 aliphatic rings. The number of nitrogens with zero attached hydrogens (tertiary/aromatic N) is 2. The molecule has 0 saturated carbocycles. The van der Waals surface area contributed by atoms with Crippen LogP contribution in [0, 0.1) is 5.92 Å². The van der Waals surface area contributed by atoms with Gasteiger partial charge in [0, 0.05) is 19.2 Å². The highest BCUT2D eigenvalue weighted by atomic mass is 16.5. The summed E-state index contributed by atoms with van der Waals surface area (Å²) in [7, 11) is 1.56. The number of benzene rings is 2. The zero-order valence-electron chi connectivity index (χ0n) is 19.8. The fraction of sp³-hybridized carbons (Fsp3) is 0.308. The minimum Gasteiger partial charge on any atom is -0.476 e. The van der Waals surface area contributed by atoms with Gasteiger partial charge in [0.15, 0.2) is 5.69 Å². The zero-order valence-corrected chi connectivity index (χ0v) is 19.8. The highest BCUT2D eigenvalue weighted by Gasteiger charge is 2.31. The predicted octanol–water partition coefficient (Wildman–Crippen LogP) is 4.01. The Labute approximate surface area is 203 Å². The van der Waals surface area contributed by atoms with E-state index in [1.54, 1.807) is 7.05 Å². The Kier molecular flexibility index (Phi) is 6.86. The first kappa shape index (κ1) is 24.0. The molecule has 2 aromatic carbocycles. The summed E-state index contributed by atoms with van der Waals surface area (Å²) in [6, 6.07) is 15.2. The molecule has 0 saturated heterocycles. The second-order valence-corrected chi connectivity index (χ2v) is 8.69. The van der Waals surface area contributed by atoms with Crippen molar-refractivity contribution in [1.82, 2.24) is 15.1 Å². The lowest BCUT2D eigenvalue weighted by Crippen LogP contribution is -2.48. The van der Waals surface area contributed by atoms with Crippen LogP contribution in [0.3, 0.4) is 0 Å². The van der Waals surface area contributed by atoms with E-state index in [9.17, 15) is 19.5 Å². The summed E-state index contributed by atoms with van der Waals surface area (Å²) in [6.45, 7) is 3.85. The van der Waals surface area contributed by atoms with E-state index in [4.69, 9.17) is 4.74 Å². The highest BCUT2D eigenvalue weighted by molar-refractivity contribution is 6.01. The van der Waals surface area contributed by atoms with Gasteiger partial charge in [-0.2, -0.15) is 5.10 Å². The van der Waals surface area contributed by atoms with Gasteiger partial charge >= 0.3 is 12.1 Å². The lowest BCUT2D eigenvalue weighted by atomic mass is 9.98. The molecule has 2 amide bonds. The van der Waals surface area contributed by atoms with Gasteiger partial charge in [0.1, 0.15) is 12.6 Å². The maximum absolute atomic E-state index is 13.0. The number of ether oxygens (including phenoxy) is 1. The molecule has 182 valence electrons. The van der Waals surface area contributed by atoms with Crippen molar-refractivity contribution in [3.63, 3.8) is 0 Å². The largest absolute Gasteiger partial charge is 0.476 e. The molecule has 1 heterocycles. The Morgan fingerprint density at radius 2 is 1.69 bits per heavy atom. The standard InChI is InChI=1S/C26H28N4O5/c1-4-15(2)22(24(31)27-21-13-30(3)29-23(21)25(32)33)28-26(34)35-14-20-18-11-7-5-9-16(18)17-10-6-8-12-19(17)20/h5-13,15,20,22H,4,14H2,1-3H3,(H,27,31)(H,28,34)(H,32,33)/t15?,22-/m0/s1. The highest BCUT2D eigenvalue weighted by Crippen LogP contribution is 2.44. The fourth-order valence-corrected chi connectivity index (χ4v) is 4.42. The monoisotopic (exact) mass is 476 g/mol. The van der Waals surface area contributed by atoms with Crippen molar-refractivity contribution in [3.8, 4) is 11.1 Å². The number of carbonyl (C=O) groups excluding carboxylic acids is 2. The van der Waals surface area contributed by atoms with Gasteiger partial charge in [0.25, 0.3) is 0 Å². The third-order valence-corrected chi connectivity index (χ3v) is 6.40. The number of nitrogens with one attached hydrogen (secondary N) is 2. The molecule has 3 aromatic rings. The number of aryl methyl sites for hydroxylation is 1. The third-order valence-electron chi connectivity index (χ3n) is 6.40. The molecule has 9 heteroatoms. The summed E-state index contributed by atoms with van der Waals surface area (Å²) in [4.78, 5) is 37.2. The Balaban J connectivity index is 1.45. The number of aromatic nitrogens is 2. The molecule has 0 aliphatic heterocycles. The van der Waals surface area contributed by atoms with Crippen LogP contribution in [0.5, 0.6) is 0 Å². The molecule has 35 heavy (non-hydrogen) atoms. The second kappa shape index (κ2) is 10.0. The Morgan fingerprint density at radius 1 is 1.09 bits per heavy atom. The van der Waals surface area contributed by atoms with E-state index >= 15 is 0 Å². The number of carbonyl (C=O) groups is 3. The topological polar surface area (TPSA) is 123 Å². The summed E-state index contributed by atoms with van der Waals surface area (Å²) in [5.41, 5.74) is 4.22. The Hall–Kier alpha value is -4.14. The number of fused-ring (bicyclic) bond motifs is 3. The van der Waals surface area contributed by atoms with Crippen molar-refractivity contribution < 1.29 is 24.2 Å². The number of amides is 2. The van der Waals surface area contributed by atoms with Crippen molar-refractivity contribution in [1.29, 1.82) is 0 Å². The zero-order chi connectivity index (χ0) is 25.1. The smallest absolute Gasteiger partial charge is 0.407 e. The Morgan fingerprint density at radius 3 is 2.26 bits per heavy atom. The van der Waals surface area contributed by atoms with E-state index in [1.165, 1.54) is 10.9 Å². The molecule has 0 bridgehead atoms. The van der Waals surface area contributed by atoms with Crippen LogP contribution in [-0.4, -0.2) is 45.5 Å². The number of carboxylic acid groups (broad SMARTS) is 1. The van der Waals surface area contributed by atoms with Gasteiger partial charge in [-0.25, -0.2) is 9.59 Å². The summed E-state index contributed by atoms with van der Waals surface area (Å²) < 4.78 is 6.89.